The van der Waals surface area contributed by atoms with E-state index in [4.69, 9.17) is 5.73 Å². The van der Waals surface area contributed by atoms with E-state index in [-0.39, 0.29) is 5.91 Å². The van der Waals surface area contributed by atoms with Crippen molar-refractivity contribution in [3.05, 3.63) is 53.3 Å². The molecule has 0 aliphatic carbocycles. The molecule has 1 amide bonds. The summed E-state index contributed by atoms with van der Waals surface area (Å²) in [5.41, 5.74) is 7.47. The lowest BCUT2D eigenvalue weighted by Crippen LogP contribution is -2.25. The second-order valence-corrected chi connectivity index (χ2v) is 5.53. The molecule has 0 atom stereocenters. The summed E-state index contributed by atoms with van der Waals surface area (Å²) in [7, 11) is 0. The van der Waals surface area contributed by atoms with Gasteiger partial charge in [-0.05, 0) is 24.3 Å². The van der Waals surface area contributed by atoms with Crippen LogP contribution in [0.3, 0.4) is 0 Å². The highest BCUT2D eigenvalue weighted by Crippen LogP contribution is 2.31. The lowest BCUT2D eigenvalue weighted by atomic mass is 10.2. The molecule has 0 aromatic carbocycles. The Morgan fingerprint density at radius 1 is 1.19 bits per heavy atom. The molecule has 0 aliphatic rings. The fraction of sp³-hybridized carbons (Fsp3) is 0.133. The largest absolute Gasteiger partial charge is 0.397 e. The van der Waals surface area contributed by atoms with E-state index in [9.17, 15) is 4.79 Å². The number of fused-ring (bicyclic) bond motifs is 1. The summed E-state index contributed by atoms with van der Waals surface area (Å²) in [6, 6.07) is 9.42. The number of nitrogen functional groups attached to an aromatic ring is 1. The molecule has 21 heavy (non-hydrogen) atoms. The summed E-state index contributed by atoms with van der Waals surface area (Å²) in [6.45, 7) is 0.525. The highest BCUT2D eigenvalue weighted by Gasteiger charge is 2.16. The number of aromatic nitrogens is 2. The van der Waals surface area contributed by atoms with Crippen LogP contribution in [0.4, 0.5) is 5.69 Å². The maximum atomic E-state index is 12.2. The van der Waals surface area contributed by atoms with E-state index in [0.29, 0.717) is 23.5 Å². The van der Waals surface area contributed by atoms with Gasteiger partial charge in [0.1, 0.15) is 9.71 Å². The van der Waals surface area contributed by atoms with Gasteiger partial charge in [-0.15, -0.1) is 11.3 Å². The number of carbonyl (C=O) groups excluding carboxylic acids is 1. The Morgan fingerprint density at radius 3 is 2.81 bits per heavy atom. The molecule has 0 aliphatic heterocycles. The van der Waals surface area contributed by atoms with Crippen LogP contribution in [0.5, 0.6) is 0 Å². The Balaban J connectivity index is 1.68. The van der Waals surface area contributed by atoms with Crippen molar-refractivity contribution in [2.75, 3.05) is 12.3 Å². The smallest absolute Gasteiger partial charge is 0.263 e. The third-order valence-corrected chi connectivity index (χ3v) is 4.23. The van der Waals surface area contributed by atoms with Crippen molar-refractivity contribution in [2.24, 2.45) is 0 Å². The van der Waals surface area contributed by atoms with Gasteiger partial charge < -0.3 is 11.1 Å². The van der Waals surface area contributed by atoms with Crippen molar-refractivity contribution in [1.29, 1.82) is 0 Å². The number of anilines is 1. The van der Waals surface area contributed by atoms with Gasteiger partial charge in [0.2, 0.25) is 0 Å². The number of pyridine rings is 2. The van der Waals surface area contributed by atoms with Crippen molar-refractivity contribution in [3.8, 4) is 0 Å². The monoisotopic (exact) mass is 298 g/mol. The van der Waals surface area contributed by atoms with E-state index in [1.54, 1.807) is 12.4 Å². The predicted molar refractivity (Wildman–Crippen MR) is 84.3 cm³/mol. The van der Waals surface area contributed by atoms with Gasteiger partial charge in [-0.2, -0.15) is 0 Å². The van der Waals surface area contributed by atoms with Crippen LogP contribution in [0.1, 0.15) is 15.4 Å². The molecule has 0 bridgehead atoms. The first-order valence-electron chi connectivity index (χ1n) is 6.57. The minimum Gasteiger partial charge on any atom is -0.397 e. The van der Waals surface area contributed by atoms with Gasteiger partial charge >= 0.3 is 0 Å². The summed E-state index contributed by atoms with van der Waals surface area (Å²) in [6.07, 6.45) is 4.13. The first-order chi connectivity index (χ1) is 10.3. The first kappa shape index (κ1) is 13.5. The number of hydrogen-bond acceptors (Lipinski definition) is 5. The highest BCUT2D eigenvalue weighted by atomic mass is 32.1. The summed E-state index contributed by atoms with van der Waals surface area (Å²) in [5.74, 6) is -0.161. The fourth-order valence-electron chi connectivity index (χ4n) is 2.05. The summed E-state index contributed by atoms with van der Waals surface area (Å²) < 4.78 is 0. The van der Waals surface area contributed by atoms with E-state index >= 15 is 0 Å². The van der Waals surface area contributed by atoms with E-state index in [2.05, 4.69) is 15.3 Å². The van der Waals surface area contributed by atoms with E-state index in [1.165, 1.54) is 11.3 Å². The lowest BCUT2D eigenvalue weighted by Gasteiger charge is -2.04. The normalized spacial score (nSPS) is 10.7. The Labute approximate surface area is 125 Å². The summed E-state index contributed by atoms with van der Waals surface area (Å²) >= 11 is 1.31. The maximum Gasteiger partial charge on any atom is 0.263 e. The Hall–Kier alpha value is -2.47. The van der Waals surface area contributed by atoms with Gasteiger partial charge in [0.05, 0.1) is 5.69 Å². The van der Waals surface area contributed by atoms with E-state index in [0.717, 1.165) is 15.9 Å². The Morgan fingerprint density at radius 2 is 2.05 bits per heavy atom. The minimum atomic E-state index is -0.161. The van der Waals surface area contributed by atoms with Crippen molar-refractivity contribution in [3.63, 3.8) is 0 Å². The molecule has 0 radical (unpaired) electrons. The van der Waals surface area contributed by atoms with Crippen molar-refractivity contribution >= 4 is 33.1 Å². The molecular weight excluding hydrogens is 284 g/mol. The third kappa shape index (κ3) is 2.85. The third-order valence-electron chi connectivity index (χ3n) is 3.10. The van der Waals surface area contributed by atoms with Crippen LogP contribution in [0, 0.1) is 0 Å². The topological polar surface area (TPSA) is 80.9 Å². The highest BCUT2D eigenvalue weighted by molar-refractivity contribution is 7.21. The molecule has 6 heteroatoms. The molecule has 5 nitrogen and oxygen atoms in total. The number of nitrogens with one attached hydrogen (secondary N) is 1. The molecule has 0 unspecified atom stereocenters. The second kappa shape index (κ2) is 5.88. The Kier molecular flexibility index (Phi) is 3.79. The SMILES string of the molecule is Nc1c(C(=O)NCCc2ccccn2)sc2ncccc12. The van der Waals surface area contributed by atoms with Crippen LogP contribution >= 0.6 is 11.3 Å². The van der Waals surface area contributed by atoms with Gasteiger partial charge in [-0.3, -0.25) is 9.78 Å². The zero-order valence-corrected chi connectivity index (χ0v) is 12.1. The average Bonchev–Trinajstić information content (AvgIpc) is 2.86. The number of amides is 1. The molecule has 106 valence electrons. The van der Waals surface area contributed by atoms with Crippen molar-refractivity contribution in [2.45, 2.75) is 6.42 Å². The van der Waals surface area contributed by atoms with Crippen LogP contribution in [-0.4, -0.2) is 22.4 Å². The second-order valence-electron chi connectivity index (χ2n) is 4.53. The van der Waals surface area contributed by atoms with Gasteiger partial charge in [0.15, 0.2) is 0 Å². The lowest BCUT2D eigenvalue weighted by molar-refractivity contribution is 0.0959. The van der Waals surface area contributed by atoms with Crippen LogP contribution < -0.4 is 11.1 Å². The average molecular weight is 298 g/mol. The van der Waals surface area contributed by atoms with Gasteiger partial charge in [-0.25, -0.2) is 4.98 Å². The van der Waals surface area contributed by atoms with E-state index in [1.807, 2.05) is 30.3 Å². The number of nitrogens with two attached hydrogens (primary N) is 1. The molecule has 0 fully saturated rings. The van der Waals surface area contributed by atoms with Gasteiger partial charge in [0.25, 0.3) is 5.91 Å². The fourth-order valence-corrected chi connectivity index (χ4v) is 3.03. The zero-order chi connectivity index (χ0) is 14.7. The molecule has 3 N–H and O–H groups in total. The zero-order valence-electron chi connectivity index (χ0n) is 11.2. The standard InChI is InChI=1S/C15H14N4OS/c16-12-11-5-3-8-19-15(11)21-13(12)14(20)18-9-6-10-4-1-2-7-17-10/h1-5,7-8H,6,9,16H2,(H,18,20). The van der Waals surface area contributed by atoms with E-state index < -0.39 is 0 Å². The van der Waals surface area contributed by atoms with Crippen LogP contribution in [0.25, 0.3) is 10.2 Å². The van der Waals surface area contributed by atoms with Crippen LogP contribution in [0.2, 0.25) is 0 Å². The van der Waals surface area contributed by atoms with Crippen LogP contribution in [0.15, 0.2) is 42.7 Å². The van der Waals surface area contributed by atoms with Gasteiger partial charge in [-0.1, -0.05) is 6.07 Å². The van der Waals surface area contributed by atoms with Crippen molar-refractivity contribution < 1.29 is 4.79 Å². The molecule has 3 aromatic heterocycles. The maximum absolute atomic E-state index is 12.2. The number of hydrogen-bond donors (Lipinski definition) is 2. The number of carbonyl (C=O) groups is 1. The summed E-state index contributed by atoms with van der Waals surface area (Å²) in [5, 5.41) is 3.70. The van der Waals surface area contributed by atoms with Crippen LogP contribution in [-0.2, 0) is 6.42 Å². The summed E-state index contributed by atoms with van der Waals surface area (Å²) in [4.78, 5) is 21.9. The quantitative estimate of drug-likeness (QED) is 0.774. The molecule has 0 saturated carbocycles. The minimum absolute atomic E-state index is 0.161. The molecule has 3 aromatic rings. The number of rotatable bonds is 4. The number of thiophene rings is 1. The molecule has 3 rings (SSSR count). The Bertz CT molecular complexity index is 770. The first-order valence-corrected chi connectivity index (χ1v) is 7.38. The molecule has 3 heterocycles. The van der Waals surface area contributed by atoms with Gasteiger partial charge in [0, 0.05) is 36.4 Å². The number of nitrogens with zero attached hydrogens (tertiary/aromatic N) is 2. The molecule has 0 spiro atoms. The molecular formula is C15H14N4OS. The molecule has 0 saturated heterocycles. The predicted octanol–water partition coefficient (Wildman–Crippen LogP) is 2.25. The van der Waals surface area contributed by atoms with Crippen molar-refractivity contribution in [1.82, 2.24) is 15.3 Å².